The molecule has 7 heteroatoms. The maximum Gasteiger partial charge on any atom is 0.313 e. The van der Waals surface area contributed by atoms with Crippen molar-refractivity contribution in [2.75, 3.05) is 11.5 Å². The summed E-state index contributed by atoms with van der Waals surface area (Å²) in [7, 11) is 0. The number of carboxylic acids is 1. The second-order valence-corrected chi connectivity index (χ2v) is 7.13. The normalized spacial score (nSPS) is 18.1. The molecule has 0 radical (unpaired) electrons. The Kier molecular flexibility index (Phi) is 3.55. The Hall–Kier alpha value is -1.34. The number of hydrogen-bond donors (Lipinski definition) is 2. The largest absolute Gasteiger partial charge is 0.481 e. The van der Waals surface area contributed by atoms with Gasteiger partial charge in [-0.25, -0.2) is 9.97 Å². The van der Waals surface area contributed by atoms with Crippen LogP contribution in [0.2, 0.25) is 0 Å². The number of nitrogens with zero attached hydrogens (tertiary/aromatic N) is 2. The van der Waals surface area contributed by atoms with E-state index in [1.807, 2.05) is 0 Å². The summed E-state index contributed by atoms with van der Waals surface area (Å²) < 4.78 is 0. The molecule has 3 rings (SSSR count). The van der Waals surface area contributed by atoms with E-state index in [-0.39, 0.29) is 5.75 Å². The molecule has 1 aliphatic carbocycles. The highest BCUT2D eigenvalue weighted by molar-refractivity contribution is 7.99. The number of nitrogens with two attached hydrogens (primary N) is 1. The zero-order valence-electron chi connectivity index (χ0n) is 11.0. The fraction of sp³-hybridized carbons (Fsp3) is 0.462. The number of carboxylic acid groups (broad SMARTS) is 1. The Morgan fingerprint density at radius 2 is 2.35 bits per heavy atom. The van der Waals surface area contributed by atoms with Gasteiger partial charge in [0, 0.05) is 4.88 Å². The predicted molar refractivity (Wildman–Crippen MR) is 81.4 cm³/mol. The molecule has 0 bridgehead atoms. The van der Waals surface area contributed by atoms with Gasteiger partial charge in [-0.15, -0.1) is 11.3 Å². The summed E-state index contributed by atoms with van der Waals surface area (Å²) in [5.41, 5.74) is 7.36. The summed E-state index contributed by atoms with van der Waals surface area (Å²) >= 11 is 2.78. The summed E-state index contributed by atoms with van der Waals surface area (Å²) in [6.07, 6.45) is 3.28. The van der Waals surface area contributed by atoms with Crippen molar-refractivity contribution in [1.82, 2.24) is 9.97 Å². The van der Waals surface area contributed by atoms with Crippen molar-refractivity contribution in [2.24, 2.45) is 5.92 Å². The molecule has 106 valence electrons. The molecule has 0 saturated carbocycles. The third-order valence-electron chi connectivity index (χ3n) is 3.49. The van der Waals surface area contributed by atoms with Crippen molar-refractivity contribution in [3.05, 3.63) is 10.4 Å². The summed E-state index contributed by atoms with van der Waals surface area (Å²) in [6.45, 7) is 2.26. The second kappa shape index (κ2) is 5.21. The van der Waals surface area contributed by atoms with Gasteiger partial charge in [-0.1, -0.05) is 18.7 Å². The number of nitrogen functional groups attached to an aromatic ring is 1. The fourth-order valence-electron chi connectivity index (χ4n) is 2.54. The zero-order chi connectivity index (χ0) is 14.3. The topological polar surface area (TPSA) is 89.1 Å². The SMILES string of the molecule is C[C@@H]1CCc2c(sc3nc(SCC(=O)O)nc(N)c23)C1. The number of anilines is 1. The monoisotopic (exact) mass is 309 g/mol. The van der Waals surface area contributed by atoms with Crippen molar-refractivity contribution in [1.29, 1.82) is 0 Å². The molecule has 2 aromatic heterocycles. The molecule has 2 heterocycles. The molecule has 0 aliphatic heterocycles. The van der Waals surface area contributed by atoms with Gasteiger partial charge in [0.2, 0.25) is 0 Å². The van der Waals surface area contributed by atoms with Crippen molar-refractivity contribution in [2.45, 2.75) is 31.3 Å². The van der Waals surface area contributed by atoms with Crippen LogP contribution >= 0.6 is 23.1 Å². The van der Waals surface area contributed by atoms with Crippen molar-refractivity contribution in [3.63, 3.8) is 0 Å². The molecular formula is C13H15N3O2S2. The molecule has 5 nitrogen and oxygen atoms in total. The molecule has 1 atom stereocenters. The highest BCUT2D eigenvalue weighted by Crippen LogP contribution is 2.39. The van der Waals surface area contributed by atoms with Gasteiger partial charge in [-0.3, -0.25) is 4.79 Å². The van der Waals surface area contributed by atoms with E-state index >= 15 is 0 Å². The van der Waals surface area contributed by atoms with Gasteiger partial charge < -0.3 is 10.8 Å². The van der Waals surface area contributed by atoms with Crippen LogP contribution in [-0.2, 0) is 17.6 Å². The minimum atomic E-state index is -0.878. The molecule has 0 aromatic carbocycles. The van der Waals surface area contributed by atoms with Gasteiger partial charge in [0.1, 0.15) is 10.6 Å². The van der Waals surface area contributed by atoms with E-state index in [1.54, 1.807) is 11.3 Å². The molecule has 2 aromatic rings. The van der Waals surface area contributed by atoms with Crippen molar-refractivity contribution in [3.8, 4) is 0 Å². The Bertz CT molecular complexity index is 684. The van der Waals surface area contributed by atoms with E-state index in [9.17, 15) is 4.79 Å². The lowest BCUT2D eigenvalue weighted by Gasteiger charge is -2.17. The Balaban J connectivity index is 2.02. The number of fused-ring (bicyclic) bond motifs is 3. The first-order valence-electron chi connectivity index (χ1n) is 6.47. The first-order valence-corrected chi connectivity index (χ1v) is 8.27. The molecule has 0 fully saturated rings. The average Bonchev–Trinajstić information content (AvgIpc) is 2.73. The van der Waals surface area contributed by atoms with E-state index in [4.69, 9.17) is 10.8 Å². The van der Waals surface area contributed by atoms with Gasteiger partial charge >= 0.3 is 5.97 Å². The number of thiophene rings is 1. The molecule has 0 saturated heterocycles. The molecule has 0 unspecified atom stereocenters. The van der Waals surface area contributed by atoms with E-state index < -0.39 is 5.97 Å². The van der Waals surface area contributed by atoms with Crippen LogP contribution in [0, 0.1) is 5.92 Å². The lowest BCUT2D eigenvalue weighted by Crippen LogP contribution is -2.09. The highest BCUT2D eigenvalue weighted by Gasteiger charge is 2.23. The molecular weight excluding hydrogens is 294 g/mol. The highest BCUT2D eigenvalue weighted by atomic mass is 32.2. The van der Waals surface area contributed by atoms with Crippen LogP contribution in [0.25, 0.3) is 10.2 Å². The molecule has 1 aliphatic rings. The first kappa shape index (κ1) is 13.6. The standard InChI is InChI=1S/C13H15N3O2S2/c1-6-2-3-7-8(4-6)20-12-10(7)11(14)15-13(16-12)19-5-9(17)18/h6H,2-5H2,1H3,(H,17,18)(H2,14,15,16)/t6-/m1/s1. The maximum absolute atomic E-state index is 10.6. The van der Waals surface area contributed by atoms with Gasteiger partial charge in [-0.05, 0) is 30.7 Å². The summed E-state index contributed by atoms with van der Waals surface area (Å²) in [5, 5.41) is 10.1. The number of aryl methyl sites for hydroxylation is 1. The minimum absolute atomic E-state index is 0.0485. The number of carbonyl (C=O) groups is 1. The van der Waals surface area contributed by atoms with Crippen LogP contribution in [0.4, 0.5) is 5.82 Å². The van der Waals surface area contributed by atoms with Gasteiger partial charge in [-0.2, -0.15) is 0 Å². The number of rotatable bonds is 3. The molecule has 0 spiro atoms. The third-order valence-corrected chi connectivity index (χ3v) is 5.47. The fourth-order valence-corrected chi connectivity index (χ4v) is 4.56. The number of hydrogen-bond acceptors (Lipinski definition) is 6. The van der Waals surface area contributed by atoms with Gasteiger partial charge in [0.25, 0.3) is 0 Å². The average molecular weight is 309 g/mol. The quantitative estimate of drug-likeness (QED) is 0.669. The predicted octanol–water partition coefficient (Wildman–Crippen LogP) is 2.58. The number of aromatic nitrogens is 2. The first-order chi connectivity index (χ1) is 9.54. The van der Waals surface area contributed by atoms with Gasteiger partial charge in [0.15, 0.2) is 5.16 Å². The Labute approximate surface area is 124 Å². The zero-order valence-corrected chi connectivity index (χ0v) is 12.7. The van der Waals surface area contributed by atoms with Crippen LogP contribution in [-0.4, -0.2) is 26.8 Å². The Morgan fingerprint density at radius 3 is 3.10 bits per heavy atom. The summed E-state index contributed by atoms with van der Waals surface area (Å²) in [5.74, 6) is 0.254. The van der Waals surface area contributed by atoms with E-state index in [2.05, 4.69) is 16.9 Å². The van der Waals surface area contributed by atoms with Crippen LogP contribution in [0.15, 0.2) is 5.16 Å². The summed E-state index contributed by atoms with van der Waals surface area (Å²) in [6, 6.07) is 0. The summed E-state index contributed by atoms with van der Waals surface area (Å²) in [4.78, 5) is 21.6. The molecule has 20 heavy (non-hydrogen) atoms. The minimum Gasteiger partial charge on any atom is -0.481 e. The number of aliphatic carboxylic acids is 1. The van der Waals surface area contributed by atoms with Crippen LogP contribution in [0.5, 0.6) is 0 Å². The van der Waals surface area contributed by atoms with Crippen LogP contribution in [0.1, 0.15) is 23.8 Å². The van der Waals surface area contributed by atoms with Crippen LogP contribution in [0.3, 0.4) is 0 Å². The number of thioether (sulfide) groups is 1. The van der Waals surface area contributed by atoms with E-state index in [0.29, 0.717) is 16.9 Å². The molecule has 3 N–H and O–H groups in total. The van der Waals surface area contributed by atoms with Gasteiger partial charge in [0.05, 0.1) is 11.1 Å². The maximum atomic E-state index is 10.6. The third kappa shape index (κ3) is 2.47. The lowest BCUT2D eigenvalue weighted by atomic mass is 9.89. The smallest absolute Gasteiger partial charge is 0.313 e. The van der Waals surface area contributed by atoms with E-state index in [1.165, 1.54) is 16.9 Å². The van der Waals surface area contributed by atoms with Crippen LogP contribution < -0.4 is 5.73 Å². The van der Waals surface area contributed by atoms with Crippen molar-refractivity contribution >= 4 is 45.1 Å². The molecule has 0 amide bonds. The second-order valence-electron chi connectivity index (χ2n) is 5.11. The van der Waals surface area contributed by atoms with E-state index in [0.717, 1.165) is 34.8 Å². The lowest BCUT2D eigenvalue weighted by molar-refractivity contribution is -0.133. The Morgan fingerprint density at radius 1 is 1.55 bits per heavy atom. The van der Waals surface area contributed by atoms with Crippen molar-refractivity contribution < 1.29 is 9.90 Å².